The second-order valence-electron chi connectivity index (χ2n) is 2.73. The number of rotatable bonds is 1. The van der Waals surface area contributed by atoms with E-state index in [0.29, 0.717) is 12.1 Å². The minimum atomic E-state index is -5.18. The Hall–Kier alpha value is -1.05. The van der Waals surface area contributed by atoms with Crippen LogP contribution < -0.4 is 4.74 Å². The molecule has 0 radical (unpaired) electrons. The summed E-state index contributed by atoms with van der Waals surface area (Å²) in [6, 6.07) is 1.96. The van der Waals surface area contributed by atoms with Gasteiger partial charge in [0.2, 0.25) is 0 Å². The van der Waals surface area contributed by atoms with Gasteiger partial charge in [0.25, 0.3) is 0 Å². The molecule has 0 fully saturated rings. The highest BCUT2D eigenvalue weighted by atomic mass is 32.1. The molecule has 1 aromatic carbocycles. The Bertz CT molecular complexity index is 383. The molecule has 1 rings (SSSR count). The van der Waals surface area contributed by atoms with Gasteiger partial charge in [0.1, 0.15) is 5.75 Å². The summed E-state index contributed by atoms with van der Waals surface area (Å²) < 4.78 is 75.6. The van der Waals surface area contributed by atoms with Gasteiger partial charge in [-0.25, -0.2) is 0 Å². The first-order chi connectivity index (χ1) is 7.09. The van der Waals surface area contributed by atoms with E-state index in [-0.39, 0.29) is 4.90 Å². The highest BCUT2D eigenvalue weighted by molar-refractivity contribution is 7.80. The Morgan fingerprint density at radius 2 is 1.56 bits per heavy atom. The molecule has 0 spiro atoms. The van der Waals surface area contributed by atoms with Gasteiger partial charge in [-0.05, 0) is 18.2 Å². The SMILES string of the molecule is FC(F)(F)Oc1cc(S)ccc1C(F)(F)F. The summed E-state index contributed by atoms with van der Waals surface area (Å²) in [5.74, 6) is -1.31. The summed E-state index contributed by atoms with van der Waals surface area (Å²) in [6.45, 7) is 0. The molecule has 0 heterocycles. The topological polar surface area (TPSA) is 9.23 Å². The van der Waals surface area contributed by atoms with Crippen LogP contribution in [0, 0.1) is 0 Å². The molecule has 16 heavy (non-hydrogen) atoms. The molecule has 90 valence electrons. The molecule has 0 N–H and O–H groups in total. The van der Waals surface area contributed by atoms with Crippen molar-refractivity contribution in [1.82, 2.24) is 0 Å². The molecule has 0 saturated heterocycles. The Labute approximate surface area is 91.4 Å². The standard InChI is InChI=1S/C8H4F6OS/c9-7(10,11)5-2-1-4(16)3-6(5)15-8(12,13)14/h1-3,16H. The molecule has 0 atom stereocenters. The first-order valence-corrected chi connectivity index (χ1v) is 4.20. The third-order valence-electron chi connectivity index (χ3n) is 1.50. The van der Waals surface area contributed by atoms with Crippen LogP contribution in [0.15, 0.2) is 23.1 Å². The fourth-order valence-corrected chi connectivity index (χ4v) is 1.15. The molecule has 0 aromatic heterocycles. The van der Waals surface area contributed by atoms with Crippen LogP contribution in [0.25, 0.3) is 0 Å². The summed E-state index contributed by atoms with van der Waals surface area (Å²) in [4.78, 5) is -0.0627. The van der Waals surface area contributed by atoms with E-state index in [2.05, 4.69) is 17.4 Å². The number of thiol groups is 1. The molecule has 1 aromatic rings. The number of ether oxygens (including phenoxy) is 1. The van der Waals surface area contributed by atoms with Gasteiger partial charge in [0.15, 0.2) is 0 Å². The predicted molar refractivity (Wildman–Crippen MR) is 45.4 cm³/mol. The van der Waals surface area contributed by atoms with Gasteiger partial charge in [-0.3, -0.25) is 0 Å². The van der Waals surface area contributed by atoms with Crippen molar-refractivity contribution in [2.24, 2.45) is 0 Å². The van der Waals surface area contributed by atoms with Crippen molar-refractivity contribution in [2.75, 3.05) is 0 Å². The first kappa shape index (κ1) is 13.0. The van der Waals surface area contributed by atoms with E-state index in [1.165, 1.54) is 0 Å². The lowest BCUT2D eigenvalue weighted by Gasteiger charge is -2.15. The van der Waals surface area contributed by atoms with Gasteiger partial charge in [-0.2, -0.15) is 13.2 Å². The third kappa shape index (κ3) is 3.51. The molecule has 0 aliphatic carbocycles. The number of benzene rings is 1. The Balaban J connectivity index is 3.19. The molecule has 1 nitrogen and oxygen atoms in total. The maximum absolute atomic E-state index is 12.3. The normalized spacial score (nSPS) is 12.7. The lowest BCUT2D eigenvalue weighted by atomic mass is 10.2. The van der Waals surface area contributed by atoms with Gasteiger partial charge in [-0.15, -0.1) is 25.8 Å². The predicted octanol–water partition coefficient (Wildman–Crippen LogP) is 3.89. The second-order valence-corrected chi connectivity index (χ2v) is 3.24. The molecule has 0 aliphatic rings. The molecule has 0 unspecified atom stereocenters. The van der Waals surface area contributed by atoms with E-state index < -0.39 is 23.9 Å². The zero-order chi connectivity index (χ0) is 12.6. The van der Waals surface area contributed by atoms with Crippen LogP contribution in [0.5, 0.6) is 5.75 Å². The molecular formula is C8H4F6OS. The Kier molecular flexibility index (Phi) is 3.32. The Morgan fingerprint density at radius 3 is 2.00 bits per heavy atom. The summed E-state index contributed by atoms with van der Waals surface area (Å²) in [5.41, 5.74) is -1.50. The van der Waals surface area contributed by atoms with E-state index in [4.69, 9.17) is 0 Å². The smallest absolute Gasteiger partial charge is 0.405 e. The largest absolute Gasteiger partial charge is 0.573 e. The lowest BCUT2D eigenvalue weighted by Crippen LogP contribution is -2.20. The third-order valence-corrected chi connectivity index (χ3v) is 1.77. The molecule has 0 amide bonds. The Morgan fingerprint density at radius 1 is 1.00 bits per heavy atom. The molecular weight excluding hydrogens is 258 g/mol. The highest BCUT2D eigenvalue weighted by Gasteiger charge is 2.39. The van der Waals surface area contributed by atoms with Crippen LogP contribution in [0.1, 0.15) is 5.56 Å². The molecule has 0 bridgehead atoms. The maximum atomic E-state index is 12.3. The van der Waals surface area contributed by atoms with E-state index in [9.17, 15) is 26.3 Å². The second kappa shape index (κ2) is 4.08. The fraction of sp³-hybridized carbons (Fsp3) is 0.250. The quantitative estimate of drug-likeness (QED) is 0.596. The van der Waals surface area contributed by atoms with E-state index in [0.717, 1.165) is 6.07 Å². The minimum Gasteiger partial charge on any atom is -0.405 e. The van der Waals surface area contributed by atoms with Gasteiger partial charge < -0.3 is 4.74 Å². The average molecular weight is 262 g/mol. The monoisotopic (exact) mass is 262 g/mol. The van der Waals surface area contributed by atoms with Crippen molar-refractivity contribution >= 4 is 12.6 Å². The van der Waals surface area contributed by atoms with E-state index >= 15 is 0 Å². The van der Waals surface area contributed by atoms with Gasteiger partial charge >= 0.3 is 12.5 Å². The van der Waals surface area contributed by atoms with Crippen molar-refractivity contribution in [3.63, 3.8) is 0 Å². The van der Waals surface area contributed by atoms with Crippen molar-refractivity contribution in [2.45, 2.75) is 17.4 Å². The highest BCUT2D eigenvalue weighted by Crippen LogP contribution is 2.39. The summed E-state index contributed by atoms with van der Waals surface area (Å²) in [5, 5.41) is 0. The van der Waals surface area contributed by atoms with Gasteiger partial charge in [-0.1, -0.05) is 0 Å². The van der Waals surface area contributed by atoms with Crippen LogP contribution in [0.4, 0.5) is 26.3 Å². The van der Waals surface area contributed by atoms with E-state index in [1.54, 1.807) is 0 Å². The number of halogens is 6. The number of hydrogen-bond acceptors (Lipinski definition) is 2. The van der Waals surface area contributed by atoms with Crippen LogP contribution in [0.3, 0.4) is 0 Å². The maximum Gasteiger partial charge on any atom is 0.573 e. The van der Waals surface area contributed by atoms with Gasteiger partial charge in [0, 0.05) is 4.90 Å². The van der Waals surface area contributed by atoms with E-state index in [1.807, 2.05) is 0 Å². The summed E-state index contributed by atoms with van der Waals surface area (Å²) in [6.07, 6.45) is -10.1. The number of alkyl halides is 6. The van der Waals surface area contributed by atoms with Crippen LogP contribution in [-0.4, -0.2) is 6.36 Å². The summed E-state index contributed by atoms with van der Waals surface area (Å²) in [7, 11) is 0. The first-order valence-electron chi connectivity index (χ1n) is 3.75. The van der Waals surface area contributed by atoms with Crippen LogP contribution in [-0.2, 0) is 6.18 Å². The van der Waals surface area contributed by atoms with Gasteiger partial charge in [0.05, 0.1) is 5.56 Å². The fourth-order valence-electron chi connectivity index (χ4n) is 0.954. The van der Waals surface area contributed by atoms with Crippen molar-refractivity contribution in [3.05, 3.63) is 23.8 Å². The minimum absolute atomic E-state index is 0.0627. The number of hydrogen-bond donors (Lipinski definition) is 1. The molecule has 0 aliphatic heterocycles. The van der Waals surface area contributed by atoms with Crippen LogP contribution >= 0.6 is 12.6 Å². The lowest BCUT2D eigenvalue weighted by molar-refractivity contribution is -0.276. The van der Waals surface area contributed by atoms with Crippen molar-refractivity contribution < 1.29 is 31.1 Å². The van der Waals surface area contributed by atoms with Crippen molar-refractivity contribution in [3.8, 4) is 5.75 Å². The average Bonchev–Trinajstić information content (AvgIpc) is 1.97. The van der Waals surface area contributed by atoms with Crippen LogP contribution in [0.2, 0.25) is 0 Å². The molecule has 8 heteroatoms. The molecule has 0 saturated carbocycles. The zero-order valence-corrected chi connectivity index (χ0v) is 8.25. The van der Waals surface area contributed by atoms with Crippen molar-refractivity contribution in [1.29, 1.82) is 0 Å². The zero-order valence-electron chi connectivity index (χ0n) is 7.36. The summed E-state index contributed by atoms with van der Waals surface area (Å²) >= 11 is 3.63.